The smallest absolute Gasteiger partial charge is 0.153 e. The molecule has 4 rings (SSSR count). The first-order valence-corrected chi connectivity index (χ1v) is 18.2. The molecule has 49 heavy (non-hydrogen) atoms. The summed E-state index contributed by atoms with van der Waals surface area (Å²) in [6.07, 6.45) is 10.9. The standard InChI is InChI=1S/C33H41NO4S.C8H12.CH4O/c1-8-21(2)24-11-14-27(15-12-24)39(36)34-28-18-22(3)31(26-13-16-29-25(19-26)10-9-17-37-29)32(23(28)4)30(20-35)38-33(5,6)7;1-4-6-7-8(3)5-2;1-2/h11-16,18-21,30,34H,8-10,17H2,1-7H3;4-7H,1H2,2-3H3;2H,1H3/b;7-6-,8-5-;. The van der Waals surface area contributed by atoms with E-state index < -0.39 is 22.7 Å². The van der Waals surface area contributed by atoms with Gasteiger partial charge in [-0.3, -0.25) is 0 Å². The first-order valence-electron chi connectivity index (χ1n) is 17.0. The molecule has 0 spiro atoms. The van der Waals surface area contributed by atoms with Gasteiger partial charge in [-0.1, -0.05) is 68.5 Å². The fourth-order valence-electron chi connectivity index (χ4n) is 5.47. The number of hydrogen-bond donors (Lipinski definition) is 2. The Bertz CT molecular complexity index is 1620. The van der Waals surface area contributed by atoms with Gasteiger partial charge in [0.15, 0.2) is 6.29 Å². The van der Waals surface area contributed by atoms with Crippen LogP contribution in [0.15, 0.2) is 89.9 Å². The molecule has 6 nitrogen and oxygen atoms in total. The van der Waals surface area contributed by atoms with Gasteiger partial charge in [0.05, 0.1) is 22.8 Å². The molecular formula is C42H57NO5S. The van der Waals surface area contributed by atoms with Gasteiger partial charge in [0.2, 0.25) is 0 Å². The molecule has 0 aromatic heterocycles. The van der Waals surface area contributed by atoms with Crippen molar-refractivity contribution >= 4 is 23.0 Å². The molecule has 1 heterocycles. The van der Waals surface area contributed by atoms with E-state index in [9.17, 15) is 9.00 Å². The number of nitrogens with one attached hydrogen (secondary N) is 1. The maximum Gasteiger partial charge on any atom is 0.153 e. The Morgan fingerprint density at radius 3 is 2.37 bits per heavy atom. The first kappa shape index (κ1) is 41.4. The number of aliphatic hydroxyl groups is 1. The van der Waals surface area contributed by atoms with Gasteiger partial charge in [-0.15, -0.1) is 0 Å². The number of anilines is 1. The second-order valence-corrected chi connectivity index (χ2v) is 14.3. The Morgan fingerprint density at radius 1 is 1.12 bits per heavy atom. The van der Waals surface area contributed by atoms with E-state index >= 15 is 0 Å². The van der Waals surface area contributed by atoms with Gasteiger partial charge in [-0.25, -0.2) is 4.21 Å². The number of aliphatic hydroxyl groups excluding tert-OH is 1. The van der Waals surface area contributed by atoms with Crippen molar-refractivity contribution in [2.75, 3.05) is 18.4 Å². The van der Waals surface area contributed by atoms with Gasteiger partial charge >= 0.3 is 0 Å². The van der Waals surface area contributed by atoms with E-state index in [4.69, 9.17) is 14.6 Å². The number of rotatable bonds is 11. The molecule has 1 aliphatic heterocycles. The van der Waals surface area contributed by atoms with Crippen molar-refractivity contribution in [3.05, 3.63) is 113 Å². The molecule has 266 valence electrons. The van der Waals surface area contributed by atoms with Crippen molar-refractivity contribution in [1.29, 1.82) is 0 Å². The van der Waals surface area contributed by atoms with Crippen molar-refractivity contribution < 1.29 is 23.6 Å². The first-order chi connectivity index (χ1) is 23.3. The maximum absolute atomic E-state index is 13.4. The van der Waals surface area contributed by atoms with E-state index in [1.54, 1.807) is 6.08 Å². The monoisotopic (exact) mass is 687 g/mol. The number of ether oxygens (including phenoxy) is 2. The predicted octanol–water partition coefficient (Wildman–Crippen LogP) is 10.3. The Hall–Kier alpha value is -3.78. The minimum Gasteiger partial charge on any atom is -0.493 e. The largest absolute Gasteiger partial charge is 0.493 e. The summed E-state index contributed by atoms with van der Waals surface area (Å²) in [5.74, 6) is 1.38. The summed E-state index contributed by atoms with van der Waals surface area (Å²) in [5, 5.41) is 7.00. The van der Waals surface area contributed by atoms with E-state index in [2.05, 4.69) is 62.4 Å². The summed E-state index contributed by atoms with van der Waals surface area (Å²) in [6, 6.07) is 16.2. The number of fused-ring (bicyclic) bond motifs is 1. The number of aryl methyl sites for hydroxylation is 2. The van der Waals surface area contributed by atoms with Gasteiger partial charge in [0.1, 0.15) is 22.8 Å². The van der Waals surface area contributed by atoms with Crippen molar-refractivity contribution in [2.24, 2.45) is 0 Å². The van der Waals surface area contributed by atoms with Crippen LogP contribution in [0.3, 0.4) is 0 Å². The Kier molecular flexibility index (Phi) is 16.9. The lowest BCUT2D eigenvalue weighted by Crippen LogP contribution is -2.25. The summed E-state index contributed by atoms with van der Waals surface area (Å²) in [6.45, 7) is 22.6. The highest BCUT2D eigenvalue weighted by atomic mass is 32.2. The average Bonchev–Trinajstić information content (AvgIpc) is 3.11. The van der Waals surface area contributed by atoms with Crippen LogP contribution >= 0.6 is 0 Å². The van der Waals surface area contributed by atoms with E-state index in [1.807, 2.05) is 78.0 Å². The summed E-state index contributed by atoms with van der Waals surface area (Å²) in [4.78, 5) is 13.2. The molecule has 0 fully saturated rings. The number of carbonyl (C=O) groups is 1. The quantitative estimate of drug-likeness (QED) is 0.155. The number of benzene rings is 3. The highest BCUT2D eigenvalue weighted by molar-refractivity contribution is 7.86. The maximum atomic E-state index is 13.4. The third kappa shape index (κ3) is 11.9. The SMILES string of the molecule is C=C/C=C\C(C)=C/C.CCC(C)c1ccc(S(=O)Nc2cc(C)c(-c3ccc4c(c3)CCCO4)c(C(C=O)OC(C)(C)C)c2C)cc1.CO. The molecular weight excluding hydrogens is 631 g/mol. The molecule has 2 N–H and O–H groups in total. The number of aldehydes is 1. The lowest BCUT2D eigenvalue weighted by atomic mass is 9.86. The minimum atomic E-state index is -1.47. The van der Waals surface area contributed by atoms with E-state index in [0.29, 0.717) is 10.8 Å². The van der Waals surface area contributed by atoms with Crippen LogP contribution < -0.4 is 9.46 Å². The summed E-state index contributed by atoms with van der Waals surface area (Å²) in [5.41, 5.74) is 8.47. The molecule has 3 aromatic carbocycles. The summed E-state index contributed by atoms with van der Waals surface area (Å²) in [7, 11) is -0.467. The highest BCUT2D eigenvalue weighted by Gasteiger charge is 2.28. The van der Waals surface area contributed by atoms with Crippen molar-refractivity contribution in [1.82, 2.24) is 0 Å². The van der Waals surface area contributed by atoms with Gasteiger partial charge in [-0.05, 0) is 137 Å². The Morgan fingerprint density at radius 2 is 1.80 bits per heavy atom. The molecule has 0 bridgehead atoms. The van der Waals surface area contributed by atoms with E-state index in [1.165, 1.54) is 16.7 Å². The lowest BCUT2D eigenvalue weighted by Gasteiger charge is -2.29. The number of hydrogen-bond acceptors (Lipinski definition) is 5. The van der Waals surface area contributed by atoms with Crippen LogP contribution in [-0.4, -0.2) is 34.9 Å². The zero-order valence-electron chi connectivity index (χ0n) is 31.2. The van der Waals surface area contributed by atoms with Gasteiger partial charge in [0, 0.05) is 12.7 Å². The summed E-state index contributed by atoms with van der Waals surface area (Å²) < 4.78 is 28.7. The van der Waals surface area contributed by atoms with Crippen LogP contribution in [0.4, 0.5) is 5.69 Å². The van der Waals surface area contributed by atoms with Gasteiger partial charge in [0.25, 0.3) is 0 Å². The van der Waals surface area contributed by atoms with Gasteiger partial charge < -0.3 is 24.1 Å². The Labute approximate surface area is 297 Å². The van der Waals surface area contributed by atoms with E-state index in [0.717, 1.165) is 78.5 Å². The molecule has 7 heteroatoms. The minimum absolute atomic E-state index is 0.457. The van der Waals surface area contributed by atoms with Gasteiger partial charge in [-0.2, -0.15) is 0 Å². The number of allylic oxidation sites excluding steroid dienone is 5. The van der Waals surface area contributed by atoms with E-state index in [-0.39, 0.29) is 0 Å². The molecule has 0 saturated carbocycles. The second kappa shape index (κ2) is 20.0. The molecule has 0 amide bonds. The van der Waals surface area contributed by atoms with Crippen LogP contribution in [0.25, 0.3) is 11.1 Å². The average molecular weight is 688 g/mol. The molecule has 1 aliphatic rings. The fourth-order valence-corrected chi connectivity index (χ4v) is 6.38. The lowest BCUT2D eigenvalue weighted by molar-refractivity contribution is -0.128. The zero-order valence-corrected chi connectivity index (χ0v) is 32.0. The predicted molar refractivity (Wildman–Crippen MR) is 207 cm³/mol. The molecule has 3 unspecified atom stereocenters. The third-order valence-electron chi connectivity index (χ3n) is 8.35. The molecule has 0 radical (unpaired) electrons. The summed E-state index contributed by atoms with van der Waals surface area (Å²) >= 11 is 0. The third-order valence-corrected chi connectivity index (χ3v) is 9.45. The van der Waals surface area contributed by atoms with Crippen LogP contribution in [0.5, 0.6) is 5.75 Å². The molecule has 0 aliphatic carbocycles. The molecule has 0 saturated heterocycles. The highest BCUT2D eigenvalue weighted by Crippen LogP contribution is 2.41. The van der Waals surface area contributed by atoms with Crippen molar-refractivity contribution in [3.8, 4) is 16.9 Å². The van der Waals surface area contributed by atoms with Crippen LogP contribution in [0, 0.1) is 13.8 Å². The second-order valence-electron chi connectivity index (χ2n) is 13.1. The van der Waals surface area contributed by atoms with Crippen LogP contribution in [0.2, 0.25) is 0 Å². The molecule has 3 aromatic rings. The molecule has 3 atom stereocenters. The Balaban J connectivity index is 0.000000732. The van der Waals surface area contributed by atoms with Crippen LogP contribution in [0.1, 0.15) is 101 Å². The normalized spacial score (nSPS) is 14.6. The van der Waals surface area contributed by atoms with Crippen molar-refractivity contribution in [3.63, 3.8) is 0 Å². The number of carbonyl (C=O) groups excluding carboxylic acids is 1. The topological polar surface area (TPSA) is 84.9 Å². The zero-order chi connectivity index (χ0) is 36.7. The van der Waals surface area contributed by atoms with Crippen molar-refractivity contribution in [2.45, 2.75) is 104 Å². The fraction of sp³-hybridized carbons (Fsp3) is 0.405. The van der Waals surface area contributed by atoms with Crippen LogP contribution in [-0.2, 0) is 26.9 Å².